The van der Waals surface area contributed by atoms with Crippen LogP contribution in [0.2, 0.25) is 0 Å². The van der Waals surface area contributed by atoms with Gasteiger partial charge in [0.05, 0.1) is 19.7 Å². The molecule has 0 atom stereocenters. The van der Waals surface area contributed by atoms with Crippen LogP contribution in [0.1, 0.15) is 0 Å². The molecular weight excluding hydrogens is 270 g/mol. The van der Waals surface area contributed by atoms with Crippen molar-refractivity contribution >= 4 is 38.0 Å². The molecule has 0 saturated heterocycles. The van der Waals surface area contributed by atoms with Gasteiger partial charge in [0.2, 0.25) is 0 Å². The Morgan fingerprint density at radius 2 is 0.917 bits per heavy atom. The Morgan fingerprint density at radius 3 is 1.00 bits per heavy atom. The molecule has 0 heterocycles. The van der Waals surface area contributed by atoms with Crippen molar-refractivity contribution in [3.05, 3.63) is 0 Å². The molecule has 0 fully saturated rings. The summed E-state index contributed by atoms with van der Waals surface area (Å²) in [5, 5.41) is 0. The third-order valence-corrected chi connectivity index (χ3v) is 6.89. The van der Waals surface area contributed by atoms with Crippen LogP contribution >= 0.6 is 19.7 Å². The van der Waals surface area contributed by atoms with Crippen molar-refractivity contribution in [1.82, 2.24) is 0 Å². The Kier molecular flexibility index (Phi) is 12.9. The summed E-state index contributed by atoms with van der Waals surface area (Å²) in [4.78, 5) is 0. The van der Waals surface area contributed by atoms with E-state index >= 15 is 0 Å². The van der Waals surface area contributed by atoms with Crippen molar-refractivity contribution in [2.75, 3.05) is 0 Å². The molecular formula is H2Na2O6S4+2. The number of rotatable bonds is 3. The fourth-order valence-corrected chi connectivity index (χ4v) is 5.69. The maximum Gasteiger partial charge on any atom is 1.00 e. The van der Waals surface area contributed by atoms with E-state index in [1.54, 1.807) is 0 Å². The van der Waals surface area contributed by atoms with E-state index in [0.29, 0.717) is 0 Å². The largest absolute Gasteiger partial charge is 1.00 e. The minimum Gasteiger partial charge on any atom is -0.277 e. The molecule has 0 aliphatic heterocycles. The van der Waals surface area contributed by atoms with E-state index in [9.17, 15) is 16.8 Å². The van der Waals surface area contributed by atoms with Crippen LogP contribution in [0.5, 0.6) is 0 Å². The van der Waals surface area contributed by atoms with Gasteiger partial charge in [0.15, 0.2) is 0 Å². The summed E-state index contributed by atoms with van der Waals surface area (Å²) < 4.78 is 55.0. The van der Waals surface area contributed by atoms with Gasteiger partial charge in [0, 0.05) is 0 Å². The molecule has 0 aliphatic carbocycles. The SMILES string of the molecule is O=S(=O)(O)SSS(=O)(=O)O.[Na+].[Na+]. The summed E-state index contributed by atoms with van der Waals surface area (Å²) in [5.74, 6) is 0. The molecule has 0 bridgehead atoms. The van der Waals surface area contributed by atoms with E-state index in [1.165, 1.54) is 0 Å². The van der Waals surface area contributed by atoms with Gasteiger partial charge in [-0.3, -0.25) is 9.11 Å². The second kappa shape index (κ2) is 7.77. The summed E-state index contributed by atoms with van der Waals surface area (Å²) in [6.07, 6.45) is 0. The molecule has 0 amide bonds. The molecule has 2 N–H and O–H groups in total. The van der Waals surface area contributed by atoms with Gasteiger partial charge < -0.3 is 0 Å². The van der Waals surface area contributed by atoms with Gasteiger partial charge >= 0.3 is 77.4 Å². The van der Waals surface area contributed by atoms with Gasteiger partial charge in [-0.1, -0.05) is 0 Å². The minimum absolute atomic E-state index is 0. The molecule has 62 valence electrons. The molecule has 0 spiro atoms. The van der Waals surface area contributed by atoms with Gasteiger partial charge in [-0.05, 0) is 0 Å². The maximum absolute atomic E-state index is 9.80. The molecule has 0 saturated carbocycles. The van der Waals surface area contributed by atoms with Crippen LogP contribution < -0.4 is 59.1 Å². The van der Waals surface area contributed by atoms with Crippen LogP contribution in [0.15, 0.2) is 0 Å². The maximum atomic E-state index is 9.80. The van der Waals surface area contributed by atoms with Crippen molar-refractivity contribution < 1.29 is 85.1 Å². The van der Waals surface area contributed by atoms with Crippen molar-refractivity contribution in [1.29, 1.82) is 0 Å². The molecule has 0 unspecified atom stereocenters. The summed E-state index contributed by atoms with van der Waals surface area (Å²) in [5.41, 5.74) is 0. The monoisotopic (exact) mass is 272 g/mol. The third-order valence-electron chi connectivity index (χ3n) is 0.200. The van der Waals surface area contributed by atoms with Crippen LogP contribution in [-0.2, 0) is 18.3 Å². The van der Waals surface area contributed by atoms with Crippen LogP contribution in [-0.4, -0.2) is 25.9 Å². The fourth-order valence-electron chi connectivity index (χ4n) is 0.0702. The summed E-state index contributed by atoms with van der Waals surface area (Å²) in [7, 11) is -9.54. The van der Waals surface area contributed by atoms with E-state index in [2.05, 4.69) is 0 Å². The van der Waals surface area contributed by atoms with Crippen molar-refractivity contribution in [2.45, 2.75) is 0 Å². The predicted octanol–water partition coefficient (Wildman–Crippen LogP) is -6.02. The standard InChI is InChI=1S/2Na.H2O6S4/c;;1-9(2,3)7-8-10(4,5)6/h;;(H,1,2,3)(H,4,5,6)/q2*+1;. The predicted molar refractivity (Wildman–Crippen MR) is 38.3 cm³/mol. The molecule has 0 aromatic carbocycles. The zero-order valence-electron chi connectivity index (χ0n) is 6.16. The number of hydrogen-bond donors (Lipinski definition) is 2. The average Bonchev–Trinajstić information content (AvgIpc) is 1.57. The van der Waals surface area contributed by atoms with E-state index in [-0.39, 0.29) is 78.8 Å². The second-order valence-corrected chi connectivity index (χ2v) is 8.77. The molecule has 0 aromatic rings. The van der Waals surface area contributed by atoms with Gasteiger partial charge in [0.25, 0.3) is 0 Å². The average molecular weight is 272 g/mol. The molecule has 0 rings (SSSR count). The Hall–Kier alpha value is 2.52. The van der Waals surface area contributed by atoms with Crippen LogP contribution in [0.3, 0.4) is 0 Å². The zero-order valence-corrected chi connectivity index (χ0v) is 13.4. The van der Waals surface area contributed by atoms with Crippen molar-refractivity contribution in [2.24, 2.45) is 0 Å². The van der Waals surface area contributed by atoms with Crippen LogP contribution in [0.4, 0.5) is 0 Å². The molecule has 6 nitrogen and oxygen atoms in total. The van der Waals surface area contributed by atoms with Crippen LogP contribution in [0, 0.1) is 0 Å². The smallest absolute Gasteiger partial charge is 0.277 e. The fraction of sp³-hybridized carbons (Fsp3) is 0. The van der Waals surface area contributed by atoms with Gasteiger partial charge in [-0.25, -0.2) is 0 Å². The Morgan fingerprint density at radius 1 is 0.750 bits per heavy atom. The van der Waals surface area contributed by atoms with E-state index in [0.717, 1.165) is 0 Å². The summed E-state index contributed by atoms with van der Waals surface area (Å²) >= 11 is 0. The quantitative estimate of drug-likeness (QED) is 0.297. The zero-order chi connectivity index (χ0) is 8.41. The Labute approximate surface area is 121 Å². The normalized spacial score (nSPS) is 11.2. The first-order valence-corrected chi connectivity index (χ1v) is 7.60. The first kappa shape index (κ1) is 20.0. The van der Waals surface area contributed by atoms with E-state index in [4.69, 9.17) is 9.11 Å². The van der Waals surface area contributed by atoms with Gasteiger partial charge in [-0.15, -0.1) is 0 Å². The van der Waals surface area contributed by atoms with Crippen LogP contribution in [0.25, 0.3) is 0 Å². The Balaban J connectivity index is -0.000000405. The van der Waals surface area contributed by atoms with Gasteiger partial charge in [-0.2, -0.15) is 16.8 Å². The van der Waals surface area contributed by atoms with Crippen molar-refractivity contribution in [3.8, 4) is 0 Å². The third kappa shape index (κ3) is 18.3. The van der Waals surface area contributed by atoms with E-state index in [1.807, 2.05) is 0 Å². The first-order chi connectivity index (χ1) is 4.21. The summed E-state index contributed by atoms with van der Waals surface area (Å²) in [6, 6.07) is 0. The minimum atomic E-state index is -4.42. The topological polar surface area (TPSA) is 109 Å². The number of hydrogen-bond acceptors (Lipinski definition) is 6. The first-order valence-electron chi connectivity index (χ1n) is 1.53. The molecule has 0 aliphatic rings. The molecule has 0 radical (unpaired) electrons. The summed E-state index contributed by atoms with van der Waals surface area (Å²) in [6.45, 7) is 0. The Bertz CT molecular complexity index is 254. The van der Waals surface area contributed by atoms with E-state index < -0.39 is 18.3 Å². The van der Waals surface area contributed by atoms with Gasteiger partial charge in [0.1, 0.15) is 0 Å². The molecule has 0 aromatic heterocycles. The second-order valence-electron chi connectivity index (χ2n) is 0.992. The molecule has 12 heavy (non-hydrogen) atoms. The molecule has 12 heteroatoms. The van der Waals surface area contributed by atoms with Crippen molar-refractivity contribution in [3.63, 3.8) is 0 Å².